The van der Waals surface area contributed by atoms with Crippen LogP contribution >= 0.6 is 23.4 Å². The van der Waals surface area contributed by atoms with Crippen molar-refractivity contribution in [3.8, 4) is 0 Å². The summed E-state index contributed by atoms with van der Waals surface area (Å²) in [6.07, 6.45) is 5.54. The van der Waals surface area contributed by atoms with Crippen LogP contribution in [0.3, 0.4) is 0 Å². The summed E-state index contributed by atoms with van der Waals surface area (Å²) in [6, 6.07) is 7.90. The zero-order valence-corrected chi connectivity index (χ0v) is 17.8. The van der Waals surface area contributed by atoms with E-state index in [1.807, 2.05) is 32.2 Å². The number of benzene rings is 1. The van der Waals surface area contributed by atoms with E-state index >= 15 is 0 Å². The highest BCUT2D eigenvalue weighted by atomic mass is 35.5. The van der Waals surface area contributed by atoms with E-state index in [0.29, 0.717) is 12.5 Å². The molecule has 0 aliphatic rings. The van der Waals surface area contributed by atoms with Gasteiger partial charge in [0, 0.05) is 42.2 Å². The fraction of sp³-hybridized carbons (Fsp3) is 0.474. The lowest BCUT2D eigenvalue weighted by Crippen LogP contribution is -2.40. The van der Waals surface area contributed by atoms with E-state index in [4.69, 9.17) is 11.6 Å². The molecule has 27 heavy (non-hydrogen) atoms. The van der Waals surface area contributed by atoms with Crippen molar-refractivity contribution >= 4 is 29.3 Å². The molecule has 0 fully saturated rings. The summed E-state index contributed by atoms with van der Waals surface area (Å²) in [5.41, 5.74) is 0.828. The fourth-order valence-corrected chi connectivity index (χ4v) is 3.47. The Labute approximate surface area is 170 Å². The number of nitrogens with zero attached hydrogens (tertiary/aromatic N) is 3. The lowest BCUT2D eigenvalue weighted by atomic mass is 10.0. The molecule has 0 saturated carbocycles. The van der Waals surface area contributed by atoms with Crippen LogP contribution in [0.2, 0.25) is 5.02 Å². The number of aryl methyl sites for hydroxylation is 1. The number of aliphatic imine (C=N–C) groups is 1. The summed E-state index contributed by atoms with van der Waals surface area (Å²) >= 11 is 7.87. The van der Waals surface area contributed by atoms with Gasteiger partial charge in [-0.05, 0) is 37.8 Å². The third kappa shape index (κ3) is 6.45. The van der Waals surface area contributed by atoms with E-state index < -0.39 is 5.60 Å². The van der Waals surface area contributed by atoms with Crippen LogP contribution in [0.5, 0.6) is 0 Å². The quantitative estimate of drug-likeness (QED) is 0.461. The molecule has 1 aromatic heterocycles. The first kappa shape index (κ1) is 21.6. The number of rotatable bonds is 8. The van der Waals surface area contributed by atoms with Crippen LogP contribution in [0.4, 0.5) is 0 Å². The van der Waals surface area contributed by atoms with Gasteiger partial charge in [0.2, 0.25) is 0 Å². The number of nitrogens with one attached hydrogen (secondary N) is 2. The van der Waals surface area contributed by atoms with Crippen molar-refractivity contribution in [1.82, 2.24) is 20.4 Å². The van der Waals surface area contributed by atoms with Crippen LogP contribution < -0.4 is 10.6 Å². The minimum Gasteiger partial charge on any atom is -0.383 e. The molecular formula is C19H28ClN5OS. The molecule has 2 aromatic rings. The summed E-state index contributed by atoms with van der Waals surface area (Å²) < 4.78 is 1.67. The van der Waals surface area contributed by atoms with Gasteiger partial charge in [-0.1, -0.05) is 23.7 Å². The van der Waals surface area contributed by atoms with Gasteiger partial charge in [-0.15, -0.1) is 0 Å². The zero-order valence-electron chi connectivity index (χ0n) is 16.2. The van der Waals surface area contributed by atoms with Crippen LogP contribution in [0.25, 0.3) is 0 Å². The Hall–Kier alpha value is -1.70. The van der Waals surface area contributed by atoms with Crippen LogP contribution in [0.1, 0.15) is 30.2 Å². The normalized spacial score (nSPS) is 15.3. The maximum Gasteiger partial charge on any atom is 0.191 e. The summed E-state index contributed by atoms with van der Waals surface area (Å²) in [6.45, 7) is 5.42. The van der Waals surface area contributed by atoms with Crippen molar-refractivity contribution in [2.45, 2.75) is 24.7 Å². The Kier molecular flexibility index (Phi) is 8.01. The number of halogens is 1. The van der Waals surface area contributed by atoms with E-state index in [2.05, 4.69) is 33.0 Å². The highest BCUT2D eigenvalue weighted by Gasteiger charge is 2.24. The van der Waals surface area contributed by atoms with Gasteiger partial charge in [0.15, 0.2) is 5.96 Å². The first-order valence-electron chi connectivity index (χ1n) is 8.87. The predicted octanol–water partition coefficient (Wildman–Crippen LogP) is 2.94. The molecule has 0 amide bonds. The second-order valence-electron chi connectivity index (χ2n) is 6.53. The minimum atomic E-state index is -1.08. The first-order chi connectivity index (χ1) is 12.9. The van der Waals surface area contributed by atoms with Gasteiger partial charge in [0.05, 0.1) is 12.7 Å². The second kappa shape index (κ2) is 10.0. The van der Waals surface area contributed by atoms with Crippen molar-refractivity contribution in [2.24, 2.45) is 12.0 Å². The van der Waals surface area contributed by atoms with Crippen LogP contribution in [0, 0.1) is 0 Å². The summed E-state index contributed by atoms with van der Waals surface area (Å²) in [4.78, 5) is 4.56. The molecule has 8 heteroatoms. The molecule has 3 N–H and O–H groups in total. The molecule has 0 spiro atoms. The third-order valence-electron chi connectivity index (χ3n) is 4.18. The topological polar surface area (TPSA) is 74.5 Å². The number of aliphatic hydroxyl groups is 1. The van der Waals surface area contributed by atoms with Crippen molar-refractivity contribution in [3.63, 3.8) is 0 Å². The smallest absolute Gasteiger partial charge is 0.191 e. The molecular weight excluding hydrogens is 382 g/mol. The van der Waals surface area contributed by atoms with Crippen molar-refractivity contribution in [3.05, 3.63) is 52.8 Å². The molecule has 148 valence electrons. The number of aromatic nitrogens is 2. The Balaban J connectivity index is 2.04. The SMILES string of the molecule is CCNC(=NCC(C)(O)c1cnn(C)c1)NCC(SC)c1cccc(Cl)c1. The predicted molar refractivity (Wildman–Crippen MR) is 114 cm³/mol. The van der Waals surface area contributed by atoms with Crippen LogP contribution in [-0.2, 0) is 12.6 Å². The van der Waals surface area contributed by atoms with Gasteiger partial charge in [0.25, 0.3) is 0 Å². The van der Waals surface area contributed by atoms with Crippen LogP contribution in [-0.4, -0.2) is 46.7 Å². The number of guanidine groups is 1. The monoisotopic (exact) mass is 409 g/mol. The van der Waals surface area contributed by atoms with Crippen molar-refractivity contribution in [1.29, 1.82) is 0 Å². The fourth-order valence-electron chi connectivity index (χ4n) is 2.60. The Morgan fingerprint density at radius 2 is 2.22 bits per heavy atom. The lowest BCUT2D eigenvalue weighted by molar-refractivity contribution is 0.0672. The molecule has 0 aliphatic heterocycles. The summed E-state index contributed by atoms with van der Waals surface area (Å²) in [7, 11) is 1.83. The largest absolute Gasteiger partial charge is 0.383 e. The van der Waals surface area contributed by atoms with Crippen molar-refractivity contribution in [2.75, 3.05) is 25.9 Å². The molecule has 2 rings (SSSR count). The number of thioether (sulfide) groups is 1. The summed E-state index contributed by atoms with van der Waals surface area (Å²) in [5.74, 6) is 0.669. The molecule has 2 unspecified atom stereocenters. The van der Waals surface area contributed by atoms with E-state index in [1.165, 1.54) is 5.56 Å². The molecule has 0 radical (unpaired) electrons. The highest BCUT2D eigenvalue weighted by molar-refractivity contribution is 7.98. The molecule has 1 aromatic carbocycles. The highest BCUT2D eigenvalue weighted by Crippen LogP contribution is 2.27. The average molecular weight is 410 g/mol. The number of hydrogen-bond acceptors (Lipinski definition) is 4. The average Bonchev–Trinajstić information content (AvgIpc) is 3.07. The molecule has 0 aliphatic carbocycles. The molecule has 0 saturated heterocycles. The minimum absolute atomic E-state index is 0.231. The Morgan fingerprint density at radius 3 is 2.81 bits per heavy atom. The molecule has 2 atom stereocenters. The summed E-state index contributed by atoms with van der Waals surface area (Å²) in [5, 5.41) is 22.4. The van der Waals surface area contributed by atoms with Gasteiger partial charge >= 0.3 is 0 Å². The Bertz CT molecular complexity index is 762. The maximum absolute atomic E-state index is 10.7. The third-order valence-corrected chi connectivity index (χ3v) is 5.42. The van der Waals surface area contributed by atoms with E-state index in [9.17, 15) is 5.11 Å². The van der Waals surface area contributed by atoms with Gasteiger partial charge in [0.1, 0.15) is 5.60 Å². The van der Waals surface area contributed by atoms with E-state index in [-0.39, 0.29) is 11.8 Å². The Morgan fingerprint density at radius 1 is 1.44 bits per heavy atom. The zero-order chi connectivity index (χ0) is 19.9. The van der Waals surface area contributed by atoms with E-state index in [1.54, 1.807) is 35.8 Å². The molecule has 1 heterocycles. The van der Waals surface area contributed by atoms with Crippen LogP contribution in [0.15, 0.2) is 41.7 Å². The molecule has 6 nitrogen and oxygen atoms in total. The van der Waals surface area contributed by atoms with E-state index in [0.717, 1.165) is 17.1 Å². The van der Waals surface area contributed by atoms with Gasteiger partial charge in [-0.25, -0.2) is 4.99 Å². The first-order valence-corrected chi connectivity index (χ1v) is 10.5. The second-order valence-corrected chi connectivity index (χ2v) is 8.01. The molecule has 0 bridgehead atoms. The lowest BCUT2D eigenvalue weighted by Gasteiger charge is -2.22. The maximum atomic E-state index is 10.7. The standard InChI is InChI=1S/C19H28ClN5OS/c1-5-21-18(23-13-19(2,26)15-10-24-25(3)12-15)22-11-17(27-4)14-7-6-8-16(20)9-14/h6-10,12,17,26H,5,11,13H2,1-4H3,(H2,21,22,23). The van der Waals surface area contributed by atoms with Gasteiger partial charge < -0.3 is 15.7 Å². The van der Waals surface area contributed by atoms with Gasteiger partial charge in [-0.3, -0.25) is 4.68 Å². The number of hydrogen-bond donors (Lipinski definition) is 3. The van der Waals surface area contributed by atoms with Gasteiger partial charge in [-0.2, -0.15) is 16.9 Å². The van der Waals surface area contributed by atoms with Crippen molar-refractivity contribution < 1.29 is 5.11 Å².